The highest BCUT2D eigenvalue weighted by molar-refractivity contribution is 5.73. The van der Waals surface area contributed by atoms with Crippen molar-refractivity contribution in [3.63, 3.8) is 0 Å². The van der Waals surface area contributed by atoms with Crippen LogP contribution in [0.5, 0.6) is 0 Å². The van der Waals surface area contributed by atoms with E-state index in [1.807, 2.05) is 0 Å². The average Bonchev–Trinajstić information content (AvgIpc) is 2.20. The van der Waals surface area contributed by atoms with Crippen LogP contribution >= 0.6 is 0 Å². The third-order valence-corrected chi connectivity index (χ3v) is 2.57. The normalized spacial score (nSPS) is 11.4. The standard InChI is InChI=1S/C14H27NO/c1-13(2)11-9-7-5-3-4-6-8-10-12-14(15)16/h7,9,13H,3-6,8,10-12H2,1-2H3,(H2,15,16). The molecule has 0 rings (SSSR count). The fourth-order valence-corrected chi connectivity index (χ4v) is 1.58. The number of nitrogens with two attached hydrogens (primary N) is 1. The van der Waals surface area contributed by atoms with E-state index in [-0.39, 0.29) is 5.91 Å². The molecule has 0 aliphatic heterocycles. The van der Waals surface area contributed by atoms with Crippen molar-refractivity contribution in [2.75, 3.05) is 0 Å². The SMILES string of the molecule is CC(C)CC=CCCCCCCCC(N)=O. The lowest BCUT2D eigenvalue weighted by Gasteiger charge is -1.99. The average molecular weight is 225 g/mol. The second-order valence-electron chi connectivity index (χ2n) is 4.87. The van der Waals surface area contributed by atoms with E-state index < -0.39 is 0 Å². The van der Waals surface area contributed by atoms with Crippen LogP contribution in [0.15, 0.2) is 12.2 Å². The van der Waals surface area contributed by atoms with Crippen LogP contribution < -0.4 is 5.73 Å². The van der Waals surface area contributed by atoms with Gasteiger partial charge in [-0.25, -0.2) is 0 Å². The van der Waals surface area contributed by atoms with Gasteiger partial charge in [-0.2, -0.15) is 0 Å². The molecule has 2 heteroatoms. The van der Waals surface area contributed by atoms with Crippen LogP contribution in [0.2, 0.25) is 0 Å². The van der Waals surface area contributed by atoms with Crippen LogP contribution in [0.1, 0.15) is 65.2 Å². The van der Waals surface area contributed by atoms with Gasteiger partial charge in [-0.15, -0.1) is 0 Å². The fraction of sp³-hybridized carbons (Fsp3) is 0.786. The fourth-order valence-electron chi connectivity index (χ4n) is 1.58. The largest absolute Gasteiger partial charge is 0.370 e. The zero-order chi connectivity index (χ0) is 12.2. The molecule has 0 aliphatic rings. The lowest BCUT2D eigenvalue weighted by atomic mass is 10.1. The maximum absolute atomic E-state index is 10.5. The van der Waals surface area contributed by atoms with Gasteiger partial charge in [0.1, 0.15) is 0 Å². The molecule has 94 valence electrons. The van der Waals surface area contributed by atoms with Crippen molar-refractivity contribution in [2.45, 2.75) is 65.2 Å². The van der Waals surface area contributed by atoms with Crippen molar-refractivity contribution >= 4 is 5.91 Å². The van der Waals surface area contributed by atoms with Crippen molar-refractivity contribution in [2.24, 2.45) is 11.7 Å². The summed E-state index contributed by atoms with van der Waals surface area (Å²) in [4.78, 5) is 10.5. The lowest BCUT2D eigenvalue weighted by Crippen LogP contribution is -2.09. The number of hydrogen-bond donors (Lipinski definition) is 1. The molecule has 0 aromatic carbocycles. The minimum absolute atomic E-state index is 0.170. The third-order valence-electron chi connectivity index (χ3n) is 2.57. The van der Waals surface area contributed by atoms with E-state index in [9.17, 15) is 4.79 Å². The van der Waals surface area contributed by atoms with Gasteiger partial charge in [0, 0.05) is 6.42 Å². The molecule has 0 atom stereocenters. The summed E-state index contributed by atoms with van der Waals surface area (Å²) in [6.45, 7) is 4.48. The van der Waals surface area contributed by atoms with Gasteiger partial charge in [-0.05, 0) is 31.6 Å². The van der Waals surface area contributed by atoms with Gasteiger partial charge < -0.3 is 5.73 Å². The van der Waals surface area contributed by atoms with Crippen LogP contribution in [0.25, 0.3) is 0 Å². The molecule has 1 amide bonds. The van der Waals surface area contributed by atoms with Gasteiger partial charge in [0.05, 0.1) is 0 Å². The first-order valence-electron chi connectivity index (χ1n) is 6.56. The minimum atomic E-state index is -0.170. The highest BCUT2D eigenvalue weighted by atomic mass is 16.1. The van der Waals surface area contributed by atoms with Crippen molar-refractivity contribution in [3.05, 3.63) is 12.2 Å². The quantitative estimate of drug-likeness (QED) is 0.446. The van der Waals surface area contributed by atoms with E-state index in [0.29, 0.717) is 6.42 Å². The van der Waals surface area contributed by atoms with Crippen LogP contribution in [0.3, 0.4) is 0 Å². The van der Waals surface area contributed by atoms with E-state index in [2.05, 4.69) is 26.0 Å². The van der Waals surface area contributed by atoms with E-state index in [0.717, 1.165) is 18.8 Å². The topological polar surface area (TPSA) is 43.1 Å². The molecule has 2 nitrogen and oxygen atoms in total. The summed E-state index contributed by atoms with van der Waals surface area (Å²) in [6, 6.07) is 0. The molecule has 0 spiro atoms. The number of amides is 1. The molecule has 0 radical (unpaired) electrons. The molecule has 0 saturated carbocycles. The molecule has 0 aliphatic carbocycles. The molecule has 0 aromatic heterocycles. The molecule has 0 aromatic rings. The van der Waals surface area contributed by atoms with Gasteiger partial charge >= 0.3 is 0 Å². The molecule has 0 heterocycles. The zero-order valence-corrected chi connectivity index (χ0v) is 10.9. The first-order chi connectivity index (χ1) is 7.63. The summed E-state index contributed by atoms with van der Waals surface area (Å²) >= 11 is 0. The summed E-state index contributed by atoms with van der Waals surface area (Å²) in [5.74, 6) is 0.599. The first kappa shape index (κ1) is 15.2. The molecule has 0 saturated heterocycles. The third kappa shape index (κ3) is 13.2. The summed E-state index contributed by atoms with van der Waals surface area (Å²) in [6.07, 6.45) is 13.4. The van der Waals surface area contributed by atoms with Crippen LogP contribution in [-0.2, 0) is 4.79 Å². The maximum Gasteiger partial charge on any atom is 0.217 e. The Hall–Kier alpha value is -0.790. The highest BCUT2D eigenvalue weighted by Crippen LogP contribution is 2.08. The monoisotopic (exact) mass is 225 g/mol. The molecule has 0 bridgehead atoms. The smallest absolute Gasteiger partial charge is 0.217 e. The lowest BCUT2D eigenvalue weighted by molar-refractivity contribution is -0.118. The van der Waals surface area contributed by atoms with Gasteiger partial charge in [-0.3, -0.25) is 4.79 Å². The second-order valence-corrected chi connectivity index (χ2v) is 4.87. The Kier molecular flexibility index (Phi) is 10.2. The number of carbonyl (C=O) groups excluding carboxylic acids is 1. The molecule has 0 fully saturated rings. The van der Waals surface area contributed by atoms with Crippen LogP contribution in [0, 0.1) is 5.92 Å². The Balaban J connectivity index is 3.09. The number of rotatable bonds is 10. The van der Waals surface area contributed by atoms with Crippen molar-refractivity contribution in [1.29, 1.82) is 0 Å². The number of unbranched alkanes of at least 4 members (excludes halogenated alkanes) is 5. The number of carbonyl (C=O) groups is 1. The van der Waals surface area contributed by atoms with E-state index in [1.54, 1.807) is 0 Å². The summed E-state index contributed by atoms with van der Waals surface area (Å²) in [5, 5.41) is 0. The van der Waals surface area contributed by atoms with Crippen LogP contribution in [0.4, 0.5) is 0 Å². The Bertz CT molecular complexity index is 197. The number of allylic oxidation sites excluding steroid dienone is 2. The van der Waals surface area contributed by atoms with E-state index >= 15 is 0 Å². The predicted octanol–water partition coefficient (Wildman–Crippen LogP) is 3.80. The Morgan fingerprint density at radius 2 is 1.69 bits per heavy atom. The summed E-state index contributed by atoms with van der Waals surface area (Å²) < 4.78 is 0. The Labute approximate surface area is 100 Å². The predicted molar refractivity (Wildman–Crippen MR) is 70.1 cm³/mol. The van der Waals surface area contributed by atoms with Crippen molar-refractivity contribution in [3.8, 4) is 0 Å². The van der Waals surface area contributed by atoms with E-state index in [4.69, 9.17) is 5.73 Å². The zero-order valence-electron chi connectivity index (χ0n) is 10.9. The Morgan fingerprint density at radius 3 is 2.31 bits per heavy atom. The van der Waals surface area contributed by atoms with E-state index in [1.165, 1.54) is 32.1 Å². The maximum atomic E-state index is 10.5. The molecule has 0 unspecified atom stereocenters. The second kappa shape index (κ2) is 10.7. The van der Waals surface area contributed by atoms with Gasteiger partial charge in [0.15, 0.2) is 0 Å². The number of hydrogen-bond acceptors (Lipinski definition) is 1. The number of primary amides is 1. The molecular weight excluding hydrogens is 198 g/mol. The van der Waals surface area contributed by atoms with Gasteiger partial charge in [0.2, 0.25) is 5.91 Å². The molecule has 16 heavy (non-hydrogen) atoms. The van der Waals surface area contributed by atoms with Crippen molar-refractivity contribution in [1.82, 2.24) is 0 Å². The summed E-state index contributed by atoms with van der Waals surface area (Å²) in [7, 11) is 0. The highest BCUT2D eigenvalue weighted by Gasteiger charge is 1.94. The van der Waals surface area contributed by atoms with Crippen LogP contribution in [-0.4, -0.2) is 5.91 Å². The first-order valence-corrected chi connectivity index (χ1v) is 6.56. The molecular formula is C14H27NO. The molecule has 2 N–H and O–H groups in total. The van der Waals surface area contributed by atoms with Gasteiger partial charge in [-0.1, -0.05) is 45.3 Å². The summed E-state index contributed by atoms with van der Waals surface area (Å²) in [5.41, 5.74) is 5.06. The minimum Gasteiger partial charge on any atom is -0.370 e. The van der Waals surface area contributed by atoms with Crippen molar-refractivity contribution < 1.29 is 4.79 Å². The van der Waals surface area contributed by atoms with Gasteiger partial charge in [0.25, 0.3) is 0 Å². The Morgan fingerprint density at radius 1 is 1.06 bits per heavy atom.